The van der Waals surface area contributed by atoms with E-state index in [4.69, 9.17) is 9.57 Å². The Morgan fingerprint density at radius 3 is 2.65 bits per heavy atom. The molecule has 1 aromatic rings. The number of piperidine rings is 1. The topological polar surface area (TPSA) is 50.8 Å². The number of hydroxylamine groups is 1. The molecule has 0 radical (unpaired) electrons. The van der Waals surface area contributed by atoms with Crippen LogP contribution in [-0.4, -0.2) is 35.2 Å². The number of carbonyl (C=O) groups is 1. The lowest BCUT2D eigenvalue weighted by Gasteiger charge is -2.39. The largest absolute Gasteiger partial charge is 0.444 e. The van der Waals surface area contributed by atoms with Gasteiger partial charge < -0.3 is 9.64 Å². The van der Waals surface area contributed by atoms with Crippen LogP contribution in [0.3, 0.4) is 0 Å². The van der Waals surface area contributed by atoms with Crippen molar-refractivity contribution in [3.05, 3.63) is 35.9 Å². The van der Waals surface area contributed by atoms with Crippen LogP contribution in [0.1, 0.15) is 46.1 Å². The minimum absolute atomic E-state index is 0.0365. The second-order valence-electron chi connectivity index (χ2n) is 7.06. The molecule has 5 heteroatoms. The van der Waals surface area contributed by atoms with Crippen molar-refractivity contribution >= 4 is 6.09 Å². The summed E-state index contributed by atoms with van der Waals surface area (Å²) >= 11 is 0. The van der Waals surface area contributed by atoms with Gasteiger partial charge in [-0.2, -0.15) is 5.48 Å². The van der Waals surface area contributed by atoms with E-state index in [1.165, 1.54) is 0 Å². The van der Waals surface area contributed by atoms with Crippen LogP contribution in [0, 0.1) is 0 Å². The van der Waals surface area contributed by atoms with E-state index in [9.17, 15) is 4.79 Å². The van der Waals surface area contributed by atoms with Crippen LogP contribution >= 0.6 is 0 Å². The highest BCUT2D eigenvalue weighted by molar-refractivity contribution is 5.68. The third-order valence-corrected chi connectivity index (χ3v) is 3.93. The van der Waals surface area contributed by atoms with E-state index in [-0.39, 0.29) is 18.2 Å². The Balaban J connectivity index is 1.84. The molecule has 2 atom stereocenters. The summed E-state index contributed by atoms with van der Waals surface area (Å²) < 4.78 is 5.49. The summed E-state index contributed by atoms with van der Waals surface area (Å²) in [4.78, 5) is 19.7. The van der Waals surface area contributed by atoms with Crippen molar-refractivity contribution in [2.24, 2.45) is 0 Å². The zero-order valence-electron chi connectivity index (χ0n) is 14.5. The quantitative estimate of drug-likeness (QED) is 0.863. The first-order chi connectivity index (χ1) is 10.9. The number of rotatable bonds is 4. The summed E-state index contributed by atoms with van der Waals surface area (Å²) in [7, 11) is 0. The molecule has 0 spiro atoms. The van der Waals surface area contributed by atoms with Gasteiger partial charge in [0, 0.05) is 12.6 Å². The molecule has 0 aliphatic carbocycles. The van der Waals surface area contributed by atoms with Gasteiger partial charge in [-0.15, -0.1) is 0 Å². The molecule has 0 saturated carbocycles. The number of ether oxygens (including phenoxy) is 1. The third kappa shape index (κ3) is 5.52. The number of hydrogen-bond donors (Lipinski definition) is 1. The number of likely N-dealkylation sites (tertiary alicyclic amines) is 1. The van der Waals surface area contributed by atoms with E-state index in [1.807, 2.05) is 58.0 Å². The molecule has 1 N–H and O–H groups in total. The van der Waals surface area contributed by atoms with E-state index in [2.05, 4.69) is 5.48 Å². The molecule has 1 fully saturated rings. The van der Waals surface area contributed by atoms with Crippen LogP contribution in [0.15, 0.2) is 30.3 Å². The highest BCUT2D eigenvalue weighted by Crippen LogP contribution is 2.21. The molecule has 1 aliphatic rings. The molecule has 23 heavy (non-hydrogen) atoms. The van der Waals surface area contributed by atoms with Crippen LogP contribution in [0.4, 0.5) is 4.79 Å². The molecule has 1 heterocycles. The molecule has 0 bridgehead atoms. The first-order valence-corrected chi connectivity index (χ1v) is 8.28. The smallest absolute Gasteiger partial charge is 0.410 e. The summed E-state index contributed by atoms with van der Waals surface area (Å²) in [6, 6.07) is 10.2. The number of carbonyl (C=O) groups excluding carboxylic acids is 1. The molecule has 1 aliphatic heterocycles. The lowest BCUT2D eigenvalue weighted by atomic mass is 9.99. The van der Waals surface area contributed by atoms with Gasteiger partial charge in [0.2, 0.25) is 0 Å². The van der Waals surface area contributed by atoms with Crippen LogP contribution in [0.25, 0.3) is 0 Å². The summed E-state index contributed by atoms with van der Waals surface area (Å²) in [5.41, 5.74) is 3.76. The number of amides is 1. The average Bonchev–Trinajstić information content (AvgIpc) is 2.48. The molecule has 128 valence electrons. The predicted octanol–water partition coefficient (Wildman–Crippen LogP) is 3.50. The first-order valence-electron chi connectivity index (χ1n) is 8.28. The van der Waals surface area contributed by atoms with Crippen molar-refractivity contribution in [3.63, 3.8) is 0 Å². The highest BCUT2D eigenvalue weighted by Gasteiger charge is 2.33. The Hall–Kier alpha value is -1.59. The highest BCUT2D eigenvalue weighted by atomic mass is 16.6. The van der Waals surface area contributed by atoms with Gasteiger partial charge in [0.25, 0.3) is 0 Å². The van der Waals surface area contributed by atoms with Crippen molar-refractivity contribution in [3.8, 4) is 0 Å². The van der Waals surface area contributed by atoms with Crippen LogP contribution in [0.5, 0.6) is 0 Å². The molecule has 0 aromatic heterocycles. The Bertz CT molecular complexity index is 499. The monoisotopic (exact) mass is 320 g/mol. The Labute approximate surface area is 138 Å². The Kier molecular flexibility index (Phi) is 6.02. The molecule has 1 amide bonds. The van der Waals surface area contributed by atoms with Crippen molar-refractivity contribution in [2.75, 3.05) is 6.54 Å². The SMILES string of the molecule is CC1C(NOCc2ccccc2)CCCN1C(=O)OC(C)(C)C. The van der Waals surface area contributed by atoms with Gasteiger partial charge in [-0.05, 0) is 46.1 Å². The second kappa shape index (κ2) is 7.79. The van der Waals surface area contributed by atoms with E-state index in [0.29, 0.717) is 6.61 Å². The Morgan fingerprint density at radius 2 is 2.00 bits per heavy atom. The molecule has 5 nitrogen and oxygen atoms in total. The summed E-state index contributed by atoms with van der Waals surface area (Å²) in [5, 5.41) is 0. The van der Waals surface area contributed by atoms with Gasteiger partial charge in [0.1, 0.15) is 5.60 Å². The van der Waals surface area contributed by atoms with Crippen LogP contribution in [0.2, 0.25) is 0 Å². The van der Waals surface area contributed by atoms with Crippen LogP contribution in [-0.2, 0) is 16.2 Å². The van der Waals surface area contributed by atoms with Crippen molar-refractivity contribution in [1.82, 2.24) is 10.4 Å². The first kappa shape index (κ1) is 17.8. The summed E-state index contributed by atoms with van der Waals surface area (Å²) in [6.45, 7) is 8.94. The summed E-state index contributed by atoms with van der Waals surface area (Å²) in [5.74, 6) is 0. The van der Waals surface area contributed by atoms with E-state index < -0.39 is 5.60 Å². The molecule has 1 saturated heterocycles. The van der Waals surface area contributed by atoms with Gasteiger partial charge in [0.15, 0.2) is 0 Å². The molecular weight excluding hydrogens is 292 g/mol. The minimum Gasteiger partial charge on any atom is -0.444 e. The van der Waals surface area contributed by atoms with Gasteiger partial charge in [-0.1, -0.05) is 30.3 Å². The lowest BCUT2D eigenvalue weighted by Crippen LogP contribution is -2.55. The molecule has 2 rings (SSSR count). The van der Waals surface area contributed by atoms with Crippen molar-refractivity contribution in [1.29, 1.82) is 0 Å². The molecule has 1 aromatic carbocycles. The normalized spacial score (nSPS) is 22.0. The van der Waals surface area contributed by atoms with E-state index >= 15 is 0 Å². The third-order valence-electron chi connectivity index (χ3n) is 3.93. The van der Waals surface area contributed by atoms with Crippen molar-refractivity contribution < 1.29 is 14.4 Å². The van der Waals surface area contributed by atoms with Crippen molar-refractivity contribution in [2.45, 2.75) is 64.8 Å². The zero-order valence-corrected chi connectivity index (χ0v) is 14.5. The maximum absolute atomic E-state index is 12.3. The summed E-state index contributed by atoms with van der Waals surface area (Å²) in [6.07, 6.45) is 1.67. The minimum atomic E-state index is -0.471. The number of hydrogen-bond acceptors (Lipinski definition) is 4. The van der Waals surface area contributed by atoms with E-state index in [1.54, 1.807) is 4.90 Å². The van der Waals surface area contributed by atoms with Crippen LogP contribution < -0.4 is 5.48 Å². The fourth-order valence-electron chi connectivity index (χ4n) is 2.69. The second-order valence-corrected chi connectivity index (χ2v) is 7.06. The lowest BCUT2D eigenvalue weighted by molar-refractivity contribution is -0.0397. The zero-order chi connectivity index (χ0) is 16.9. The predicted molar refractivity (Wildman–Crippen MR) is 89.8 cm³/mol. The van der Waals surface area contributed by atoms with E-state index in [0.717, 1.165) is 24.9 Å². The fraction of sp³-hybridized carbons (Fsp3) is 0.611. The maximum Gasteiger partial charge on any atom is 0.410 e. The van der Waals surface area contributed by atoms with Gasteiger partial charge in [-0.25, -0.2) is 4.79 Å². The number of benzene rings is 1. The van der Waals surface area contributed by atoms with Gasteiger partial charge in [-0.3, -0.25) is 4.84 Å². The molecular formula is C18H28N2O3. The molecule has 2 unspecified atom stereocenters. The standard InChI is InChI=1S/C18H28N2O3/c1-14-16(19-22-13-15-9-6-5-7-10-15)11-8-12-20(14)17(21)23-18(2,3)4/h5-7,9-10,14,16,19H,8,11-13H2,1-4H3. The van der Waals surface area contributed by atoms with Gasteiger partial charge >= 0.3 is 6.09 Å². The maximum atomic E-state index is 12.3. The average molecular weight is 320 g/mol. The fourth-order valence-corrected chi connectivity index (χ4v) is 2.69. The number of nitrogens with one attached hydrogen (secondary N) is 1. The Morgan fingerprint density at radius 1 is 1.30 bits per heavy atom. The number of nitrogens with zero attached hydrogens (tertiary/aromatic N) is 1. The van der Waals surface area contributed by atoms with Gasteiger partial charge in [0.05, 0.1) is 12.6 Å².